The van der Waals surface area contributed by atoms with E-state index < -0.39 is 0 Å². The zero-order valence-corrected chi connectivity index (χ0v) is 20.9. The van der Waals surface area contributed by atoms with Crippen LogP contribution in [0.15, 0.2) is 0 Å². The molecule has 0 bridgehead atoms. The Balaban J connectivity index is 2.38. The first-order valence-electron chi connectivity index (χ1n) is 11.7. The van der Waals surface area contributed by atoms with Gasteiger partial charge in [0.05, 0.1) is 0 Å². The Kier molecular flexibility index (Phi) is 6.31. The lowest BCUT2D eigenvalue weighted by Gasteiger charge is -2.58. The zero-order chi connectivity index (χ0) is 21.0. The van der Waals surface area contributed by atoms with E-state index in [4.69, 9.17) is 0 Å². The van der Waals surface area contributed by atoms with E-state index in [0.29, 0.717) is 11.5 Å². The Morgan fingerprint density at radius 2 is 1.15 bits per heavy atom. The quantitative estimate of drug-likeness (QED) is 0.474. The number of hydrogen-bond donors (Lipinski definition) is 0. The van der Waals surface area contributed by atoms with E-state index in [9.17, 15) is 0 Å². The summed E-state index contributed by atoms with van der Waals surface area (Å²) in [6.07, 6.45) is 7.22. The lowest BCUT2D eigenvalue weighted by atomic mass is 9.65. The van der Waals surface area contributed by atoms with Gasteiger partial charge in [0.1, 0.15) is 0 Å². The second kappa shape index (κ2) is 7.33. The largest absolute Gasteiger partial charge is 0.292 e. The summed E-state index contributed by atoms with van der Waals surface area (Å²) in [6.45, 7) is 29.6. The van der Waals surface area contributed by atoms with Crippen molar-refractivity contribution in [2.75, 3.05) is 0 Å². The lowest BCUT2D eigenvalue weighted by Crippen LogP contribution is -2.63. The van der Waals surface area contributed by atoms with Gasteiger partial charge in [-0.15, -0.1) is 0 Å². The molecule has 0 amide bonds. The van der Waals surface area contributed by atoms with E-state index in [1.165, 1.54) is 32.1 Å². The van der Waals surface area contributed by atoms with E-state index in [-0.39, 0.29) is 16.4 Å². The summed E-state index contributed by atoms with van der Waals surface area (Å²) in [5.41, 5.74) is 1.23. The molecule has 27 heavy (non-hydrogen) atoms. The molecule has 2 fully saturated rings. The van der Waals surface area contributed by atoms with Crippen LogP contribution in [-0.2, 0) is 0 Å². The SMILES string of the molecule is CC(C)(C)C1CCC2CCC(N(C(C(C)(C)C)C(C)(C)C)C(C)(C)C)CC21. The first-order valence-corrected chi connectivity index (χ1v) is 11.7. The number of fused-ring (bicyclic) bond motifs is 1. The van der Waals surface area contributed by atoms with Crippen LogP contribution in [0.5, 0.6) is 0 Å². The number of nitrogens with zero attached hydrogens (tertiary/aromatic N) is 1. The predicted octanol–water partition coefficient (Wildman–Crippen LogP) is 7.79. The van der Waals surface area contributed by atoms with Crippen LogP contribution in [-0.4, -0.2) is 22.5 Å². The van der Waals surface area contributed by atoms with Crippen LogP contribution in [0.1, 0.15) is 115 Å². The Labute approximate surface area is 172 Å². The molecule has 0 aromatic heterocycles. The summed E-state index contributed by atoms with van der Waals surface area (Å²) >= 11 is 0. The second-order valence-electron chi connectivity index (χ2n) is 14.2. The molecule has 4 atom stereocenters. The van der Waals surface area contributed by atoms with Gasteiger partial charge in [-0.1, -0.05) is 62.3 Å². The predicted molar refractivity (Wildman–Crippen MR) is 121 cm³/mol. The Bertz CT molecular complexity index is 476. The minimum absolute atomic E-state index is 0.207. The topological polar surface area (TPSA) is 3.24 Å². The van der Waals surface area contributed by atoms with Crippen molar-refractivity contribution < 1.29 is 0 Å². The van der Waals surface area contributed by atoms with Crippen molar-refractivity contribution in [2.24, 2.45) is 34.0 Å². The summed E-state index contributed by atoms with van der Waals surface area (Å²) in [4.78, 5) is 2.97. The molecule has 1 heteroatoms. The molecule has 2 rings (SSSR count). The molecule has 0 saturated heterocycles. The van der Waals surface area contributed by atoms with Crippen LogP contribution in [0.4, 0.5) is 0 Å². The first kappa shape index (κ1) is 23.2. The van der Waals surface area contributed by atoms with Gasteiger partial charge in [-0.25, -0.2) is 0 Å². The van der Waals surface area contributed by atoms with Crippen molar-refractivity contribution in [3.8, 4) is 0 Å². The maximum absolute atomic E-state index is 2.97. The van der Waals surface area contributed by atoms with Gasteiger partial charge in [0, 0.05) is 17.6 Å². The monoisotopic (exact) mass is 377 g/mol. The average molecular weight is 378 g/mol. The molecule has 0 N–H and O–H groups in total. The van der Waals surface area contributed by atoms with Crippen LogP contribution in [0.25, 0.3) is 0 Å². The molecule has 0 spiro atoms. The van der Waals surface area contributed by atoms with Gasteiger partial charge < -0.3 is 0 Å². The molecular weight excluding hydrogens is 326 g/mol. The molecular formula is C26H51N. The van der Waals surface area contributed by atoms with Gasteiger partial charge in [0.2, 0.25) is 0 Å². The fourth-order valence-corrected chi connectivity index (χ4v) is 7.31. The molecule has 2 saturated carbocycles. The fraction of sp³-hybridized carbons (Fsp3) is 1.00. The lowest BCUT2D eigenvalue weighted by molar-refractivity contribution is -0.0868. The molecule has 1 nitrogen and oxygen atoms in total. The molecule has 0 radical (unpaired) electrons. The average Bonchev–Trinajstić information content (AvgIpc) is 2.83. The molecule has 2 aliphatic rings. The minimum atomic E-state index is 0.207. The van der Waals surface area contributed by atoms with Gasteiger partial charge in [0.25, 0.3) is 0 Å². The van der Waals surface area contributed by atoms with E-state index in [0.717, 1.165) is 23.8 Å². The van der Waals surface area contributed by atoms with Crippen molar-refractivity contribution >= 4 is 0 Å². The highest BCUT2D eigenvalue weighted by molar-refractivity contribution is 5.03. The summed E-state index contributed by atoms with van der Waals surface area (Å²) in [7, 11) is 0. The smallest absolute Gasteiger partial charge is 0.0200 e. The maximum Gasteiger partial charge on any atom is 0.0200 e. The van der Waals surface area contributed by atoms with Gasteiger partial charge in [-0.2, -0.15) is 0 Å². The van der Waals surface area contributed by atoms with Gasteiger partial charge >= 0.3 is 0 Å². The molecule has 2 aliphatic carbocycles. The van der Waals surface area contributed by atoms with Crippen LogP contribution in [0.2, 0.25) is 0 Å². The van der Waals surface area contributed by atoms with Crippen molar-refractivity contribution in [3.63, 3.8) is 0 Å². The third-order valence-corrected chi connectivity index (χ3v) is 7.58. The maximum atomic E-state index is 2.97. The third-order valence-electron chi connectivity index (χ3n) is 7.58. The summed E-state index contributed by atoms with van der Waals surface area (Å²) < 4.78 is 0. The molecule has 160 valence electrons. The standard InChI is InChI=1S/C26H51N/c1-23(2,3)21-16-14-18-13-15-19(17-20(18)21)27(26(10,11)12)22(24(4,5)6)25(7,8)9/h18-22H,13-17H2,1-12H3. The Morgan fingerprint density at radius 3 is 1.56 bits per heavy atom. The molecule has 0 aromatic carbocycles. The van der Waals surface area contributed by atoms with Gasteiger partial charge in [-0.05, 0) is 86.9 Å². The van der Waals surface area contributed by atoms with Gasteiger partial charge in [-0.3, -0.25) is 4.90 Å². The summed E-state index contributed by atoms with van der Waals surface area (Å²) in [6, 6.07) is 1.32. The Hall–Kier alpha value is -0.0400. The highest BCUT2D eigenvalue weighted by Crippen LogP contribution is 2.54. The van der Waals surface area contributed by atoms with E-state index >= 15 is 0 Å². The van der Waals surface area contributed by atoms with E-state index in [1.807, 2.05) is 0 Å². The summed E-state index contributed by atoms with van der Waals surface area (Å²) in [5, 5.41) is 0. The Morgan fingerprint density at radius 1 is 0.667 bits per heavy atom. The van der Waals surface area contributed by atoms with Crippen molar-refractivity contribution in [1.29, 1.82) is 0 Å². The van der Waals surface area contributed by atoms with Crippen molar-refractivity contribution in [3.05, 3.63) is 0 Å². The highest BCUT2D eigenvalue weighted by atomic mass is 15.3. The van der Waals surface area contributed by atoms with Crippen molar-refractivity contribution in [2.45, 2.75) is 133 Å². The second-order valence-corrected chi connectivity index (χ2v) is 14.2. The highest BCUT2D eigenvalue weighted by Gasteiger charge is 2.50. The summed E-state index contributed by atoms with van der Waals surface area (Å²) in [5.74, 6) is 2.85. The van der Waals surface area contributed by atoms with Crippen LogP contribution in [0, 0.1) is 34.0 Å². The van der Waals surface area contributed by atoms with Crippen LogP contribution >= 0.6 is 0 Å². The zero-order valence-electron chi connectivity index (χ0n) is 20.9. The third kappa shape index (κ3) is 5.12. The first-order chi connectivity index (χ1) is 11.9. The van der Waals surface area contributed by atoms with Crippen molar-refractivity contribution in [1.82, 2.24) is 4.90 Å². The number of hydrogen-bond acceptors (Lipinski definition) is 1. The van der Waals surface area contributed by atoms with E-state index in [1.54, 1.807) is 0 Å². The molecule has 0 aromatic rings. The van der Waals surface area contributed by atoms with E-state index in [2.05, 4.69) is 88.0 Å². The van der Waals surface area contributed by atoms with Crippen LogP contribution < -0.4 is 0 Å². The minimum Gasteiger partial charge on any atom is -0.292 e. The van der Waals surface area contributed by atoms with Gasteiger partial charge in [0.15, 0.2) is 0 Å². The fourth-order valence-electron chi connectivity index (χ4n) is 7.31. The van der Waals surface area contributed by atoms with Crippen LogP contribution in [0.3, 0.4) is 0 Å². The molecule has 4 unspecified atom stereocenters. The molecule has 0 aliphatic heterocycles. The number of rotatable bonds is 2. The normalized spacial score (nSPS) is 30.9. The molecule has 0 heterocycles.